The van der Waals surface area contributed by atoms with Gasteiger partial charge in [0.05, 0.1) is 11.8 Å². The van der Waals surface area contributed by atoms with Crippen LogP contribution in [0.5, 0.6) is 0 Å². The first kappa shape index (κ1) is 12.3. The lowest BCUT2D eigenvalue weighted by Gasteiger charge is -2.33. The summed E-state index contributed by atoms with van der Waals surface area (Å²) in [6.07, 6.45) is 2.11. The van der Waals surface area contributed by atoms with Crippen LogP contribution in [0.25, 0.3) is 0 Å². The molecular weight excluding hydrogens is 334 g/mol. The minimum atomic E-state index is -0.878. The molecule has 3 nitrogen and oxygen atoms in total. The molecule has 1 amide bonds. The van der Waals surface area contributed by atoms with Gasteiger partial charge in [-0.1, -0.05) is 0 Å². The monoisotopic (exact) mass is 344 g/mol. The highest BCUT2D eigenvalue weighted by atomic mass is 127. The van der Waals surface area contributed by atoms with Gasteiger partial charge in [-0.15, -0.1) is 0 Å². The SMILES string of the molecule is N#CC1(C(=O)Nc2ccc(F)cc2I)CCC1. The lowest BCUT2D eigenvalue weighted by molar-refractivity contribution is -0.126. The molecule has 17 heavy (non-hydrogen) atoms. The average Bonchev–Trinajstić information content (AvgIpc) is 2.21. The number of halogens is 2. The summed E-state index contributed by atoms with van der Waals surface area (Å²) in [5.41, 5.74) is -0.323. The number of amides is 1. The number of carbonyl (C=O) groups is 1. The fraction of sp³-hybridized carbons (Fsp3) is 0.333. The molecule has 1 aromatic carbocycles. The summed E-state index contributed by atoms with van der Waals surface area (Å²) in [5, 5.41) is 11.7. The van der Waals surface area contributed by atoms with Crippen molar-refractivity contribution >= 4 is 34.2 Å². The van der Waals surface area contributed by atoms with Gasteiger partial charge >= 0.3 is 0 Å². The maximum absolute atomic E-state index is 12.9. The molecule has 1 fully saturated rings. The van der Waals surface area contributed by atoms with E-state index in [1.165, 1.54) is 18.2 Å². The second-order valence-corrected chi connectivity index (χ2v) is 5.29. The second kappa shape index (κ2) is 4.61. The third-order valence-corrected chi connectivity index (χ3v) is 3.93. The van der Waals surface area contributed by atoms with Crippen molar-refractivity contribution in [1.29, 1.82) is 5.26 Å². The Bertz CT molecular complexity index is 506. The molecule has 0 spiro atoms. The van der Waals surface area contributed by atoms with Crippen LogP contribution in [-0.4, -0.2) is 5.91 Å². The highest BCUT2D eigenvalue weighted by Gasteiger charge is 2.44. The summed E-state index contributed by atoms with van der Waals surface area (Å²) >= 11 is 1.95. The van der Waals surface area contributed by atoms with E-state index < -0.39 is 5.41 Å². The molecule has 1 N–H and O–H groups in total. The van der Waals surface area contributed by atoms with Crippen molar-refractivity contribution < 1.29 is 9.18 Å². The van der Waals surface area contributed by atoms with Crippen molar-refractivity contribution in [2.75, 3.05) is 5.32 Å². The number of nitrogens with zero attached hydrogens (tertiary/aromatic N) is 1. The van der Waals surface area contributed by atoms with Crippen molar-refractivity contribution in [3.8, 4) is 6.07 Å². The molecule has 5 heteroatoms. The van der Waals surface area contributed by atoms with E-state index in [-0.39, 0.29) is 11.7 Å². The van der Waals surface area contributed by atoms with E-state index in [1.54, 1.807) is 0 Å². The highest BCUT2D eigenvalue weighted by molar-refractivity contribution is 14.1. The van der Waals surface area contributed by atoms with Gasteiger partial charge < -0.3 is 5.32 Å². The van der Waals surface area contributed by atoms with Gasteiger partial charge in [0.15, 0.2) is 0 Å². The number of anilines is 1. The van der Waals surface area contributed by atoms with Crippen LogP contribution in [0.2, 0.25) is 0 Å². The van der Waals surface area contributed by atoms with Gasteiger partial charge in [0.25, 0.3) is 0 Å². The smallest absolute Gasteiger partial charge is 0.244 e. The third-order valence-electron chi connectivity index (χ3n) is 3.04. The minimum Gasteiger partial charge on any atom is -0.324 e. The fourth-order valence-electron chi connectivity index (χ4n) is 1.75. The van der Waals surface area contributed by atoms with Gasteiger partial charge in [0.1, 0.15) is 11.2 Å². The summed E-state index contributed by atoms with van der Waals surface area (Å²) in [6.45, 7) is 0. The van der Waals surface area contributed by atoms with Crippen molar-refractivity contribution in [3.05, 3.63) is 27.6 Å². The van der Waals surface area contributed by atoms with Gasteiger partial charge in [-0.05, 0) is 60.1 Å². The van der Waals surface area contributed by atoms with Crippen molar-refractivity contribution in [1.82, 2.24) is 0 Å². The van der Waals surface area contributed by atoms with E-state index in [9.17, 15) is 9.18 Å². The maximum Gasteiger partial charge on any atom is 0.244 e. The Balaban J connectivity index is 2.16. The molecule has 0 atom stereocenters. The molecule has 1 aliphatic rings. The predicted molar refractivity (Wildman–Crippen MR) is 69.6 cm³/mol. The van der Waals surface area contributed by atoms with E-state index in [0.29, 0.717) is 22.1 Å². The zero-order valence-electron chi connectivity index (χ0n) is 8.96. The van der Waals surface area contributed by atoms with Crippen LogP contribution in [0.15, 0.2) is 18.2 Å². The Hall–Kier alpha value is -1.16. The van der Waals surface area contributed by atoms with Crippen LogP contribution in [0, 0.1) is 26.1 Å². The molecule has 0 aromatic heterocycles. The molecule has 0 bridgehead atoms. The van der Waals surface area contributed by atoms with E-state index in [4.69, 9.17) is 5.26 Å². The number of nitrogens with one attached hydrogen (secondary N) is 1. The Kier molecular flexibility index (Phi) is 3.33. The summed E-state index contributed by atoms with van der Waals surface area (Å²) in [6, 6.07) is 6.22. The number of benzene rings is 1. The second-order valence-electron chi connectivity index (χ2n) is 4.13. The summed E-state index contributed by atoms with van der Waals surface area (Å²) in [4.78, 5) is 12.0. The molecule has 1 aromatic rings. The molecule has 0 unspecified atom stereocenters. The summed E-state index contributed by atoms with van der Waals surface area (Å²) in [5.74, 6) is -0.623. The molecule has 0 heterocycles. The van der Waals surface area contributed by atoms with E-state index in [0.717, 1.165) is 6.42 Å². The molecular formula is C12H10FIN2O. The van der Waals surface area contributed by atoms with Crippen molar-refractivity contribution in [2.45, 2.75) is 19.3 Å². The van der Waals surface area contributed by atoms with Crippen molar-refractivity contribution in [2.24, 2.45) is 5.41 Å². The molecule has 1 saturated carbocycles. The lowest BCUT2D eigenvalue weighted by atomic mass is 9.69. The van der Waals surface area contributed by atoms with Crippen LogP contribution in [0.1, 0.15) is 19.3 Å². The molecule has 0 saturated heterocycles. The zero-order chi connectivity index (χ0) is 12.5. The molecule has 0 radical (unpaired) electrons. The van der Waals surface area contributed by atoms with Crippen LogP contribution >= 0.6 is 22.6 Å². The summed E-state index contributed by atoms with van der Waals surface area (Å²) < 4.78 is 13.5. The number of rotatable bonds is 2. The van der Waals surface area contributed by atoms with Crippen LogP contribution < -0.4 is 5.32 Å². The highest BCUT2D eigenvalue weighted by Crippen LogP contribution is 2.41. The first-order valence-electron chi connectivity index (χ1n) is 5.25. The Morgan fingerprint density at radius 3 is 2.71 bits per heavy atom. The topological polar surface area (TPSA) is 52.9 Å². The predicted octanol–water partition coefficient (Wildman–Crippen LogP) is 3.06. The molecule has 0 aliphatic heterocycles. The third kappa shape index (κ3) is 2.27. The largest absolute Gasteiger partial charge is 0.324 e. The molecule has 88 valence electrons. The van der Waals surface area contributed by atoms with Gasteiger partial charge in [-0.25, -0.2) is 4.39 Å². The normalized spacial score (nSPS) is 16.8. The first-order chi connectivity index (χ1) is 8.07. The number of hydrogen-bond donors (Lipinski definition) is 1. The standard InChI is InChI=1S/C12H10FIN2O/c13-8-2-3-10(9(14)6-8)16-11(17)12(7-15)4-1-5-12/h2-3,6H,1,4-5H2,(H,16,17). The summed E-state index contributed by atoms with van der Waals surface area (Å²) in [7, 11) is 0. The first-order valence-corrected chi connectivity index (χ1v) is 6.33. The van der Waals surface area contributed by atoms with Gasteiger partial charge in [0.2, 0.25) is 5.91 Å². The molecule has 1 aliphatic carbocycles. The lowest BCUT2D eigenvalue weighted by Crippen LogP contribution is -2.40. The quantitative estimate of drug-likeness (QED) is 0.839. The van der Waals surface area contributed by atoms with Crippen LogP contribution in [0.3, 0.4) is 0 Å². The zero-order valence-corrected chi connectivity index (χ0v) is 11.1. The number of carbonyl (C=O) groups excluding carboxylic acids is 1. The van der Waals surface area contributed by atoms with E-state index >= 15 is 0 Å². The fourth-order valence-corrected chi connectivity index (χ4v) is 2.36. The van der Waals surface area contributed by atoms with Crippen LogP contribution in [-0.2, 0) is 4.79 Å². The maximum atomic E-state index is 12.9. The van der Waals surface area contributed by atoms with Gasteiger partial charge in [0, 0.05) is 3.57 Å². The number of nitriles is 1. The number of hydrogen-bond acceptors (Lipinski definition) is 2. The van der Waals surface area contributed by atoms with E-state index in [2.05, 4.69) is 11.4 Å². The molecule has 2 rings (SSSR count). The minimum absolute atomic E-state index is 0.282. The van der Waals surface area contributed by atoms with Gasteiger partial charge in [-0.3, -0.25) is 4.79 Å². The Labute approximate surface area is 112 Å². The van der Waals surface area contributed by atoms with Gasteiger partial charge in [-0.2, -0.15) is 5.26 Å². The Morgan fingerprint density at radius 2 is 2.24 bits per heavy atom. The van der Waals surface area contributed by atoms with Crippen LogP contribution in [0.4, 0.5) is 10.1 Å². The van der Waals surface area contributed by atoms with E-state index in [1.807, 2.05) is 22.6 Å². The average molecular weight is 344 g/mol. The van der Waals surface area contributed by atoms with Crippen molar-refractivity contribution in [3.63, 3.8) is 0 Å². The Morgan fingerprint density at radius 1 is 1.53 bits per heavy atom.